The molecule has 1 aliphatic rings. The first kappa shape index (κ1) is 6.03. The largest absolute Gasteiger partial charge is 0.539 e. The van der Waals surface area contributed by atoms with Crippen LogP contribution in [0.15, 0.2) is 4.52 Å². The normalized spacial score (nSPS) is 16.8. The summed E-state index contributed by atoms with van der Waals surface area (Å²) in [6.07, 6.45) is 0. The molecule has 5 heteroatoms. The molecule has 1 aliphatic heterocycles. The number of nitrogens with zero attached hydrogens (tertiary/aromatic N) is 2. The van der Waals surface area contributed by atoms with Gasteiger partial charge < -0.3 is 9.63 Å². The van der Waals surface area contributed by atoms with Gasteiger partial charge in [-0.05, 0) is 0 Å². The lowest BCUT2D eigenvalue weighted by Crippen LogP contribution is -2.42. The second kappa shape index (κ2) is 2.16. The molecular formula is C5H6N2O2S. The highest BCUT2D eigenvalue weighted by Gasteiger charge is 2.21. The Balaban J connectivity index is 2.45. The zero-order valence-electron chi connectivity index (χ0n) is 5.24. The maximum Gasteiger partial charge on any atom is 0.243 e. The summed E-state index contributed by atoms with van der Waals surface area (Å²) in [7, 11) is 0. The molecule has 0 spiro atoms. The van der Waals surface area contributed by atoms with E-state index in [-0.39, 0.29) is 5.95 Å². The zero-order valence-corrected chi connectivity index (χ0v) is 6.06. The van der Waals surface area contributed by atoms with E-state index in [0.29, 0.717) is 5.69 Å². The van der Waals surface area contributed by atoms with E-state index in [9.17, 15) is 5.11 Å². The maximum absolute atomic E-state index is 10.8. The fraction of sp³-hybridized carbons (Fsp3) is 0.600. The Labute approximate surface area is 61.8 Å². The van der Waals surface area contributed by atoms with Crippen molar-refractivity contribution in [3.05, 3.63) is 5.69 Å². The summed E-state index contributed by atoms with van der Waals surface area (Å²) >= 11 is 1.74. The number of hydrogen-bond donors (Lipinski definition) is 0. The molecule has 2 heterocycles. The molecule has 54 valence electrons. The first-order valence-electron chi connectivity index (χ1n) is 3.01. The van der Waals surface area contributed by atoms with Crippen molar-refractivity contribution >= 4 is 11.8 Å². The van der Waals surface area contributed by atoms with E-state index >= 15 is 0 Å². The van der Waals surface area contributed by atoms with Crippen molar-refractivity contribution < 1.29 is 14.3 Å². The van der Waals surface area contributed by atoms with E-state index in [4.69, 9.17) is 0 Å². The predicted octanol–water partition coefficient (Wildman–Crippen LogP) is -0.718. The van der Waals surface area contributed by atoms with Crippen molar-refractivity contribution in [3.8, 4) is 5.95 Å². The predicted molar refractivity (Wildman–Crippen MR) is 32.3 cm³/mol. The number of aromatic nitrogens is 2. The minimum atomic E-state index is -0.285. The third-order valence-corrected chi connectivity index (χ3v) is 2.40. The number of rotatable bonds is 0. The van der Waals surface area contributed by atoms with Crippen molar-refractivity contribution in [1.82, 2.24) is 5.27 Å². The highest BCUT2D eigenvalue weighted by Crippen LogP contribution is 2.18. The summed E-state index contributed by atoms with van der Waals surface area (Å²) in [6.45, 7) is 0.797. The lowest BCUT2D eigenvalue weighted by molar-refractivity contribution is -0.765. The molecule has 0 atom stereocenters. The lowest BCUT2D eigenvalue weighted by Gasteiger charge is -2.02. The van der Waals surface area contributed by atoms with Gasteiger partial charge in [0.1, 0.15) is 0 Å². The van der Waals surface area contributed by atoms with Crippen LogP contribution < -0.4 is 9.79 Å². The van der Waals surface area contributed by atoms with E-state index in [0.717, 1.165) is 18.1 Å². The number of hydrogen-bond acceptors (Lipinski definition) is 4. The fourth-order valence-corrected chi connectivity index (χ4v) is 1.83. The third kappa shape index (κ3) is 0.775. The Kier molecular flexibility index (Phi) is 1.30. The molecule has 1 aromatic heterocycles. The van der Waals surface area contributed by atoms with Crippen LogP contribution in [0, 0.1) is 0 Å². The number of aryl methyl sites for hydroxylation is 1. The highest BCUT2D eigenvalue weighted by atomic mass is 32.2. The molecule has 4 nitrogen and oxygen atoms in total. The molecule has 0 amide bonds. The van der Waals surface area contributed by atoms with Gasteiger partial charge in [0.2, 0.25) is 5.69 Å². The maximum atomic E-state index is 10.8. The molecule has 0 saturated carbocycles. The summed E-state index contributed by atoms with van der Waals surface area (Å²) in [4.78, 5) is 0. The zero-order chi connectivity index (χ0) is 6.97. The Morgan fingerprint density at radius 3 is 3.40 bits per heavy atom. The molecule has 0 aromatic carbocycles. The van der Waals surface area contributed by atoms with Crippen molar-refractivity contribution in [2.75, 3.05) is 5.75 Å². The highest BCUT2D eigenvalue weighted by molar-refractivity contribution is 7.98. The van der Waals surface area contributed by atoms with Crippen molar-refractivity contribution in [2.45, 2.75) is 12.3 Å². The van der Waals surface area contributed by atoms with E-state index < -0.39 is 0 Å². The van der Waals surface area contributed by atoms with Crippen LogP contribution in [0.1, 0.15) is 5.69 Å². The molecule has 0 saturated heterocycles. The second-order valence-electron chi connectivity index (χ2n) is 2.08. The van der Waals surface area contributed by atoms with E-state index in [1.54, 1.807) is 16.4 Å². The molecule has 0 bridgehead atoms. The molecule has 0 N–H and O–H groups in total. The van der Waals surface area contributed by atoms with E-state index in [1.807, 2.05) is 0 Å². The summed E-state index contributed by atoms with van der Waals surface area (Å²) < 4.78 is 6.10. The lowest BCUT2D eigenvalue weighted by atomic mass is 10.5. The molecule has 0 fully saturated rings. The second-order valence-corrected chi connectivity index (χ2v) is 3.19. The Morgan fingerprint density at radius 2 is 2.60 bits per heavy atom. The summed E-state index contributed by atoms with van der Waals surface area (Å²) in [5.41, 5.74) is 0.691. The monoisotopic (exact) mass is 158 g/mol. The van der Waals surface area contributed by atoms with Crippen molar-refractivity contribution in [3.63, 3.8) is 0 Å². The van der Waals surface area contributed by atoms with Gasteiger partial charge in [-0.1, -0.05) is 4.68 Å². The molecule has 0 radical (unpaired) electrons. The van der Waals surface area contributed by atoms with Gasteiger partial charge in [-0.2, -0.15) is 0 Å². The minimum Gasteiger partial charge on any atom is -0.539 e. The SMILES string of the molecule is [O-]c1on[n+]2c1CSCC2. The quantitative estimate of drug-likeness (QED) is 0.468. The van der Waals surface area contributed by atoms with Gasteiger partial charge >= 0.3 is 0 Å². The van der Waals surface area contributed by atoms with Gasteiger partial charge in [0.05, 0.1) is 16.8 Å². The molecule has 10 heavy (non-hydrogen) atoms. The van der Waals surface area contributed by atoms with Gasteiger partial charge in [-0.15, -0.1) is 11.8 Å². The summed E-state index contributed by atoms with van der Waals surface area (Å²) in [5, 5.41) is 14.4. The van der Waals surface area contributed by atoms with Crippen molar-refractivity contribution in [1.29, 1.82) is 0 Å². The van der Waals surface area contributed by atoms with Gasteiger partial charge in [0.15, 0.2) is 12.5 Å². The van der Waals surface area contributed by atoms with Crippen LogP contribution in [0.5, 0.6) is 5.95 Å². The topological polar surface area (TPSA) is 53.0 Å². The molecular weight excluding hydrogens is 152 g/mol. The van der Waals surface area contributed by atoms with Gasteiger partial charge in [0, 0.05) is 0 Å². The molecule has 1 aromatic rings. The van der Waals surface area contributed by atoms with Crippen LogP contribution in [0.4, 0.5) is 0 Å². The fourth-order valence-electron chi connectivity index (χ4n) is 0.923. The van der Waals surface area contributed by atoms with Crippen LogP contribution in [-0.2, 0) is 12.3 Å². The van der Waals surface area contributed by atoms with Gasteiger partial charge in [-0.25, -0.2) is 0 Å². The van der Waals surface area contributed by atoms with Crippen LogP contribution in [-0.4, -0.2) is 11.0 Å². The van der Waals surface area contributed by atoms with Gasteiger partial charge in [0.25, 0.3) is 0 Å². The van der Waals surface area contributed by atoms with Gasteiger partial charge in [-0.3, -0.25) is 0 Å². The Morgan fingerprint density at radius 1 is 1.70 bits per heavy atom. The van der Waals surface area contributed by atoms with Crippen LogP contribution in [0.2, 0.25) is 0 Å². The summed E-state index contributed by atoms with van der Waals surface area (Å²) in [5.74, 6) is 1.47. The molecule has 2 rings (SSSR count). The minimum absolute atomic E-state index is 0.285. The van der Waals surface area contributed by atoms with Crippen LogP contribution in [0.25, 0.3) is 0 Å². The standard InChI is InChI=1S/C5H6N2O2S/c8-5-4-3-10-2-1-7(4)6-9-5/h1-3H2. The average Bonchev–Trinajstić information content (AvgIpc) is 2.34. The van der Waals surface area contributed by atoms with E-state index in [2.05, 4.69) is 9.79 Å². The van der Waals surface area contributed by atoms with Crippen LogP contribution >= 0.6 is 11.8 Å². The first-order valence-corrected chi connectivity index (χ1v) is 4.17. The number of thioether (sulfide) groups is 1. The molecule has 0 aliphatic carbocycles. The summed E-state index contributed by atoms with van der Waals surface area (Å²) in [6, 6.07) is 0. The van der Waals surface area contributed by atoms with E-state index in [1.165, 1.54) is 0 Å². The average molecular weight is 158 g/mol. The third-order valence-electron chi connectivity index (χ3n) is 1.46. The molecule has 0 unspecified atom stereocenters. The first-order chi connectivity index (χ1) is 4.88. The number of fused-ring (bicyclic) bond motifs is 1. The van der Waals surface area contributed by atoms with Crippen LogP contribution in [0.3, 0.4) is 0 Å². The smallest absolute Gasteiger partial charge is 0.243 e. The Hall–Kier alpha value is -0.710. The van der Waals surface area contributed by atoms with Crippen molar-refractivity contribution in [2.24, 2.45) is 0 Å². The Bertz CT molecular complexity index is 248.